The molecular formula is C33H24O10. The van der Waals surface area contributed by atoms with Crippen LogP contribution in [-0.2, 0) is 21.7 Å². The molecule has 4 unspecified atom stereocenters. The fraction of sp³-hybridized carbons (Fsp3) is 0.182. The minimum absolute atomic E-state index is 0.0385. The van der Waals surface area contributed by atoms with Crippen LogP contribution in [0.3, 0.4) is 0 Å². The number of epoxide rings is 1. The molecular weight excluding hydrogens is 556 g/mol. The summed E-state index contributed by atoms with van der Waals surface area (Å²) < 4.78 is 25.0. The summed E-state index contributed by atoms with van der Waals surface area (Å²) in [6.07, 6.45) is -0.939. The standard InChI is InChI=1S/C33H24O10/c1-15-31(39)30-29-24(38)8-18(25-9-16-2-4-20(35)12-26(16)41-25)10-28(29)42-33(22-7-6-19(34)11-23(22)37)32(30,43-33)14-17-3-5-21(36)13-27(17)40-15/h2-13,15,30,34-38H,14H2,1H3. The second kappa shape index (κ2) is 8.36. The lowest BCUT2D eigenvalue weighted by Gasteiger charge is -2.37. The van der Waals surface area contributed by atoms with Crippen LogP contribution in [0.25, 0.3) is 22.3 Å². The Kier molecular flexibility index (Phi) is 4.93. The quantitative estimate of drug-likeness (QED) is 0.173. The average molecular weight is 581 g/mol. The molecule has 216 valence electrons. The summed E-state index contributed by atoms with van der Waals surface area (Å²) in [7, 11) is 0. The van der Waals surface area contributed by atoms with Gasteiger partial charge in [-0.3, -0.25) is 4.79 Å². The summed E-state index contributed by atoms with van der Waals surface area (Å²) in [6, 6.07) is 18.2. The highest BCUT2D eigenvalue weighted by Gasteiger charge is 2.82. The van der Waals surface area contributed by atoms with E-state index in [1.165, 1.54) is 42.5 Å². The van der Waals surface area contributed by atoms with E-state index in [0.717, 1.165) is 11.5 Å². The largest absolute Gasteiger partial charge is 0.508 e. The molecule has 1 aromatic heterocycles. The van der Waals surface area contributed by atoms with Crippen molar-refractivity contribution in [3.05, 3.63) is 89.5 Å². The predicted octanol–water partition coefficient (Wildman–Crippen LogP) is 5.32. The number of phenolic OH excluding ortho intramolecular Hbond substituents is 5. The highest BCUT2D eigenvalue weighted by molar-refractivity contribution is 5.95. The third kappa shape index (κ3) is 3.47. The fourth-order valence-electron chi connectivity index (χ4n) is 6.59. The van der Waals surface area contributed by atoms with Crippen LogP contribution in [0.4, 0.5) is 0 Å². The van der Waals surface area contributed by atoms with Crippen molar-refractivity contribution in [1.82, 2.24) is 0 Å². The molecule has 0 radical (unpaired) electrons. The second-order valence-corrected chi connectivity index (χ2v) is 11.2. The zero-order chi connectivity index (χ0) is 29.8. The summed E-state index contributed by atoms with van der Waals surface area (Å²) in [5.41, 5.74) is 0.461. The van der Waals surface area contributed by atoms with Gasteiger partial charge in [-0.2, -0.15) is 0 Å². The van der Waals surface area contributed by atoms with Crippen LogP contribution < -0.4 is 9.47 Å². The molecule has 1 fully saturated rings. The van der Waals surface area contributed by atoms with Crippen molar-refractivity contribution in [3.8, 4) is 51.6 Å². The van der Waals surface area contributed by atoms with Gasteiger partial charge in [-0.1, -0.05) is 6.07 Å². The Morgan fingerprint density at radius 3 is 2.35 bits per heavy atom. The zero-order valence-corrected chi connectivity index (χ0v) is 22.6. The van der Waals surface area contributed by atoms with Crippen molar-refractivity contribution >= 4 is 16.8 Å². The van der Waals surface area contributed by atoms with E-state index in [1.807, 2.05) is 0 Å². The van der Waals surface area contributed by atoms with Gasteiger partial charge in [0.25, 0.3) is 5.79 Å². The van der Waals surface area contributed by atoms with Gasteiger partial charge < -0.3 is 44.2 Å². The third-order valence-electron chi connectivity index (χ3n) is 8.59. The number of hydrogen-bond acceptors (Lipinski definition) is 10. The normalized spacial score (nSPS) is 25.3. The van der Waals surface area contributed by atoms with E-state index >= 15 is 0 Å². The minimum atomic E-state index is -1.69. The van der Waals surface area contributed by atoms with Crippen LogP contribution >= 0.6 is 0 Å². The van der Waals surface area contributed by atoms with Crippen molar-refractivity contribution in [1.29, 1.82) is 0 Å². The Balaban J connectivity index is 1.36. The lowest BCUT2D eigenvalue weighted by atomic mass is 9.70. The van der Waals surface area contributed by atoms with Gasteiger partial charge in [-0.05, 0) is 61.0 Å². The molecule has 1 spiro atoms. The van der Waals surface area contributed by atoms with Crippen LogP contribution in [-0.4, -0.2) is 43.0 Å². The number of aromatic hydroxyl groups is 5. The fourth-order valence-corrected chi connectivity index (χ4v) is 6.59. The predicted molar refractivity (Wildman–Crippen MR) is 151 cm³/mol. The molecule has 5 N–H and O–H groups in total. The van der Waals surface area contributed by atoms with Gasteiger partial charge in [0.2, 0.25) is 0 Å². The first-order chi connectivity index (χ1) is 20.6. The number of hydrogen-bond donors (Lipinski definition) is 5. The molecule has 10 nitrogen and oxygen atoms in total. The molecule has 4 atom stereocenters. The number of phenols is 5. The Bertz CT molecular complexity index is 2010. The van der Waals surface area contributed by atoms with E-state index in [9.17, 15) is 30.3 Å². The lowest BCUT2D eigenvalue weighted by Crippen LogP contribution is -2.48. The molecule has 0 saturated carbocycles. The van der Waals surface area contributed by atoms with Gasteiger partial charge in [0.05, 0.1) is 11.5 Å². The van der Waals surface area contributed by atoms with Crippen molar-refractivity contribution in [3.63, 3.8) is 0 Å². The van der Waals surface area contributed by atoms with E-state index in [4.69, 9.17) is 18.6 Å². The second-order valence-electron chi connectivity index (χ2n) is 11.2. The van der Waals surface area contributed by atoms with Gasteiger partial charge >= 0.3 is 0 Å². The van der Waals surface area contributed by atoms with E-state index in [1.54, 1.807) is 31.2 Å². The molecule has 0 aliphatic carbocycles. The molecule has 1 saturated heterocycles. The van der Waals surface area contributed by atoms with E-state index in [2.05, 4.69) is 0 Å². The minimum Gasteiger partial charge on any atom is -0.508 e. The molecule has 3 aliphatic rings. The van der Waals surface area contributed by atoms with Crippen LogP contribution in [0.5, 0.6) is 40.2 Å². The maximum atomic E-state index is 14.2. The van der Waals surface area contributed by atoms with E-state index in [0.29, 0.717) is 28.2 Å². The van der Waals surface area contributed by atoms with Crippen molar-refractivity contribution < 1.29 is 49.0 Å². The summed E-state index contributed by atoms with van der Waals surface area (Å²) >= 11 is 0. The molecule has 43 heavy (non-hydrogen) atoms. The number of benzene rings is 4. The number of carbonyl (C=O) groups is 1. The summed E-state index contributed by atoms with van der Waals surface area (Å²) in [4.78, 5) is 14.2. The van der Waals surface area contributed by atoms with Gasteiger partial charge in [0, 0.05) is 41.1 Å². The molecule has 3 aliphatic heterocycles. The molecule has 4 heterocycles. The molecule has 8 rings (SSSR count). The zero-order valence-electron chi connectivity index (χ0n) is 22.6. The molecule has 4 aromatic carbocycles. The Morgan fingerprint density at radius 2 is 1.53 bits per heavy atom. The van der Waals surface area contributed by atoms with E-state index < -0.39 is 29.2 Å². The number of Topliss-reactive ketones (excluding diaryl/α,β-unsaturated/α-hetero) is 1. The van der Waals surface area contributed by atoms with Crippen LogP contribution in [0.1, 0.15) is 29.5 Å². The third-order valence-corrected chi connectivity index (χ3v) is 8.59. The van der Waals surface area contributed by atoms with E-state index in [-0.39, 0.29) is 52.0 Å². The molecule has 10 heteroatoms. The summed E-state index contributed by atoms with van der Waals surface area (Å²) in [5, 5.41) is 53.2. The first kappa shape index (κ1) is 25.4. The van der Waals surface area contributed by atoms with Crippen LogP contribution in [0.15, 0.2) is 77.2 Å². The Morgan fingerprint density at radius 1 is 0.791 bits per heavy atom. The van der Waals surface area contributed by atoms with Gasteiger partial charge in [-0.25, -0.2) is 0 Å². The number of carbonyl (C=O) groups excluding carboxylic acids is 1. The highest BCUT2D eigenvalue weighted by Crippen LogP contribution is 2.71. The maximum Gasteiger partial charge on any atom is 0.272 e. The number of ether oxygens (including phenoxy) is 3. The highest BCUT2D eigenvalue weighted by atomic mass is 16.8. The molecule has 5 aromatic rings. The van der Waals surface area contributed by atoms with Gasteiger partial charge in [0.1, 0.15) is 51.6 Å². The van der Waals surface area contributed by atoms with Gasteiger partial charge in [0.15, 0.2) is 17.5 Å². The number of rotatable bonds is 2. The number of ketones is 1. The lowest BCUT2D eigenvalue weighted by molar-refractivity contribution is -0.129. The summed E-state index contributed by atoms with van der Waals surface area (Å²) in [5.74, 6) is -3.07. The molecule has 0 amide bonds. The molecule has 0 bridgehead atoms. The summed E-state index contributed by atoms with van der Waals surface area (Å²) in [6.45, 7) is 1.58. The monoisotopic (exact) mass is 580 g/mol. The van der Waals surface area contributed by atoms with Crippen LogP contribution in [0.2, 0.25) is 0 Å². The Hall–Kier alpha value is -5.35. The van der Waals surface area contributed by atoms with Crippen LogP contribution in [0, 0.1) is 0 Å². The topological polar surface area (TPSA) is 162 Å². The number of fused-ring (bicyclic) bond motifs is 4. The maximum absolute atomic E-state index is 14.2. The van der Waals surface area contributed by atoms with Crippen molar-refractivity contribution in [2.75, 3.05) is 0 Å². The van der Waals surface area contributed by atoms with Gasteiger partial charge in [-0.15, -0.1) is 0 Å². The van der Waals surface area contributed by atoms with Crippen molar-refractivity contribution in [2.45, 2.75) is 36.8 Å². The average Bonchev–Trinajstić information content (AvgIpc) is 3.41. The Labute approximate surface area is 243 Å². The first-order valence-electron chi connectivity index (χ1n) is 13.6. The van der Waals surface area contributed by atoms with Crippen molar-refractivity contribution in [2.24, 2.45) is 0 Å². The SMILES string of the molecule is CC1Oc2cc(O)ccc2CC23OC2(c2ccc(O)cc2O)Oc2cc(-c4cc5ccc(O)cc5o4)cc(O)c2C3C1=O. The smallest absolute Gasteiger partial charge is 0.272 e. The number of furan rings is 1. The first-order valence-corrected chi connectivity index (χ1v) is 13.6.